The van der Waals surface area contributed by atoms with Gasteiger partial charge in [0, 0.05) is 37.5 Å². The van der Waals surface area contributed by atoms with Gasteiger partial charge in [0.25, 0.3) is 0 Å². The summed E-state index contributed by atoms with van der Waals surface area (Å²) in [4.78, 5) is 15.6. The number of carbonyl (C=O) groups excluding carboxylic acids is 1. The number of methoxy groups -OCH3 is 1. The quantitative estimate of drug-likeness (QED) is 0.288. The van der Waals surface area contributed by atoms with Crippen molar-refractivity contribution < 1.29 is 28.5 Å². The number of alkyl halides is 1. The fourth-order valence-electron chi connectivity index (χ4n) is 4.56. The van der Waals surface area contributed by atoms with Crippen molar-refractivity contribution in [2.24, 2.45) is 5.92 Å². The van der Waals surface area contributed by atoms with Crippen LogP contribution in [-0.2, 0) is 14.3 Å². The van der Waals surface area contributed by atoms with E-state index >= 15 is 0 Å². The zero-order valence-corrected chi connectivity index (χ0v) is 19.9. The van der Waals surface area contributed by atoms with E-state index in [0.29, 0.717) is 6.61 Å². The summed E-state index contributed by atoms with van der Waals surface area (Å²) >= 11 is 3.58. The maximum atomic E-state index is 13.2. The Bertz CT molecular complexity index is 921. The van der Waals surface area contributed by atoms with E-state index in [1.165, 1.54) is 0 Å². The molecule has 2 aromatic rings. The van der Waals surface area contributed by atoms with Crippen molar-refractivity contribution in [2.75, 3.05) is 45.7 Å². The van der Waals surface area contributed by atoms with E-state index in [1.54, 1.807) is 7.11 Å². The number of halogens is 1. The molecule has 2 aliphatic rings. The van der Waals surface area contributed by atoms with Crippen molar-refractivity contribution in [3.05, 3.63) is 53.6 Å². The SMILES string of the molecule is CCOC(=O)C1C(c2ccc3c(c2)OCO3)CN(CCBr)C1c1ccc(OCOC)cc1. The molecule has 0 bridgehead atoms. The van der Waals surface area contributed by atoms with Gasteiger partial charge in [-0.2, -0.15) is 0 Å². The van der Waals surface area contributed by atoms with Crippen LogP contribution in [0.4, 0.5) is 0 Å². The molecule has 0 aromatic heterocycles. The minimum atomic E-state index is -0.347. The van der Waals surface area contributed by atoms with E-state index < -0.39 is 0 Å². The Balaban J connectivity index is 1.69. The molecule has 32 heavy (non-hydrogen) atoms. The second-order valence-electron chi connectivity index (χ2n) is 7.75. The topological polar surface area (TPSA) is 66.5 Å². The Kier molecular flexibility index (Phi) is 7.55. The van der Waals surface area contributed by atoms with Crippen LogP contribution in [0.2, 0.25) is 0 Å². The van der Waals surface area contributed by atoms with Crippen LogP contribution >= 0.6 is 15.9 Å². The average Bonchev–Trinajstić information content (AvgIpc) is 3.42. The number of esters is 1. The summed E-state index contributed by atoms with van der Waals surface area (Å²) in [5, 5.41) is 0.807. The number of rotatable bonds is 9. The van der Waals surface area contributed by atoms with Gasteiger partial charge in [-0.1, -0.05) is 34.1 Å². The summed E-state index contributed by atoms with van der Waals surface area (Å²) in [7, 11) is 1.59. The van der Waals surface area contributed by atoms with Gasteiger partial charge in [0.1, 0.15) is 5.75 Å². The standard InChI is InChI=1S/C24H28BrNO6/c1-3-29-24(27)22-19(17-6-9-20-21(12-17)32-15-31-20)13-26(11-10-25)23(22)16-4-7-18(8-5-16)30-14-28-2/h4-9,12,19,22-23H,3,10-11,13-15H2,1-2H3. The summed E-state index contributed by atoms with van der Waals surface area (Å²) in [5.74, 6) is 1.62. The monoisotopic (exact) mass is 505 g/mol. The van der Waals surface area contributed by atoms with Gasteiger partial charge in [0.05, 0.1) is 12.5 Å². The molecule has 3 unspecified atom stereocenters. The number of nitrogens with zero attached hydrogens (tertiary/aromatic N) is 1. The largest absolute Gasteiger partial charge is 0.468 e. The highest BCUT2D eigenvalue weighted by Crippen LogP contribution is 2.48. The van der Waals surface area contributed by atoms with E-state index in [-0.39, 0.29) is 37.4 Å². The molecule has 8 heteroatoms. The van der Waals surface area contributed by atoms with Gasteiger partial charge >= 0.3 is 5.97 Å². The average molecular weight is 506 g/mol. The van der Waals surface area contributed by atoms with Crippen LogP contribution in [0.5, 0.6) is 17.2 Å². The van der Waals surface area contributed by atoms with E-state index in [4.69, 9.17) is 23.7 Å². The summed E-state index contributed by atoms with van der Waals surface area (Å²) < 4.78 is 27.1. The smallest absolute Gasteiger partial charge is 0.311 e. The van der Waals surface area contributed by atoms with E-state index in [2.05, 4.69) is 20.8 Å². The highest BCUT2D eigenvalue weighted by molar-refractivity contribution is 9.09. The lowest BCUT2D eigenvalue weighted by Gasteiger charge is -2.28. The first kappa shape index (κ1) is 22.9. The first-order chi connectivity index (χ1) is 15.7. The lowest BCUT2D eigenvalue weighted by molar-refractivity contribution is -0.149. The molecular formula is C24H28BrNO6. The van der Waals surface area contributed by atoms with Gasteiger partial charge in [-0.25, -0.2) is 0 Å². The van der Waals surface area contributed by atoms with Gasteiger partial charge in [-0.05, 0) is 42.3 Å². The number of carbonyl (C=O) groups is 1. The second-order valence-corrected chi connectivity index (χ2v) is 8.54. The highest BCUT2D eigenvalue weighted by atomic mass is 79.9. The maximum Gasteiger partial charge on any atom is 0.311 e. The fraction of sp³-hybridized carbons (Fsp3) is 0.458. The van der Waals surface area contributed by atoms with Gasteiger partial charge in [-0.15, -0.1) is 0 Å². The van der Waals surface area contributed by atoms with Crippen LogP contribution in [0.3, 0.4) is 0 Å². The molecule has 2 aromatic carbocycles. The summed E-state index contributed by atoms with van der Waals surface area (Å²) in [5.41, 5.74) is 2.10. The molecular weight excluding hydrogens is 478 g/mol. The highest BCUT2D eigenvalue weighted by Gasteiger charge is 2.48. The number of fused-ring (bicyclic) bond motifs is 1. The minimum Gasteiger partial charge on any atom is -0.468 e. The summed E-state index contributed by atoms with van der Waals surface area (Å²) in [6.45, 7) is 4.15. The maximum absolute atomic E-state index is 13.2. The fourth-order valence-corrected chi connectivity index (χ4v) is 5.02. The Morgan fingerprint density at radius 3 is 2.59 bits per heavy atom. The third-order valence-electron chi connectivity index (χ3n) is 5.92. The predicted molar refractivity (Wildman–Crippen MR) is 122 cm³/mol. The number of ether oxygens (including phenoxy) is 5. The van der Waals surface area contributed by atoms with Crippen LogP contribution in [0.15, 0.2) is 42.5 Å². The lowest BCUT2D eigenvalue weighted by atomic mass is 9.82. The molecule has 1 fully saturated rings. The third-order valence-corrected chi connectivity index (χ3v) is 6.27. The van der Waals surface area contributed by atoms with Crippen LogP contribution in [0.1, 0.15) is 30.0 Å². The first-order valence-corrected chi connectivity index (χ1v) is 11.9. The van der Waals surface area contributed by atoms with Crippen molar-refractivity contribution in [1.82, 2.24) is 4.90 Å². The van der Waals surface area contributed by atoms with Crippen LogP contribution in [0, 0.1) is 5.92 Å². The molecule has 0 amide bonds. The zero-order chi connectivity index (χ0) is 22.5. The van der Waals surface area contributed by atoms with Crippen molar-refractivity contribution in [1.29, 1.82) is 0 Å². The molecule has 4 rings (SSSR count). The van der Waals surface area contributed by atoms with Crippen molar-refractivity contribution >= 4 is 21.9 Å². The summed E-state index contributed by atoms with van der Waals surface area (Å²) in [6.07, 6.45) is 0. The molecule has 0 N–H and O–H groups in total. The Hall–Kier alpha value is -2.29. The van der Waals surface area contributed by atoms with Crippen LogP contribution in [0.25, 0.3) is 0 Å². The predicted octanol–water partition coefficient (Wildman–Crippen LogP) is 4.11. The molecule has 172 valence electrons. The van der Waals surface area contributed by atoms with Crippen molar-refractivity contribution in [3.63, 3.8) is 0 Å². The van der Waals surface area contributed by atoms with Gasteiger partial charge in [0.15, 0.2) is 18.3 Å². The Morgan fingerprint density at radius 2 is 1.88 bits per heavy atom. The number of likely N-dealkylation sites (tertiary alicyclic amines) is 1. The Labute approximate surface area is 196 Å². The zero-order valence-electron chi connectivity index (χ0n) is 18.3. The number of hydrogen-bond acceptors (Lipinski definition) is 7. The van der Waals surface area contributed by atoms with E-state index in [0.717, 1.165) is 46.8 Å². The first-order valence-electron chi connectivity index (χ1n) is 10.7. The lowest BCUT2D eigenvalue weighted by Crippen LogP contribution is -2.31. The van der Waals surface area contributed by atoms with E-state index in [9.17, 15) is 4.79 Å². The van der Waals surface area contributed by atoms with E-state index in [1.807, 2.05) is 49.4 Å². The number of benzene rings is 2. The molecule has 0 spiro atoms. The van der Waals surface area contributed by atoms with Crippen LogP contribution in [-0.4, -0.2) is 56.6 Å². The third kappa shape index (κ3) is 4.72. The number of hydrogen-bond donors (Lipinski definition) is 0. The molecule has 2 aliphatic heterocycles. The van der Waals surface area contributed by atoms with Crippen molar-refractivity contribution in [2.45, 2.75) is 18.9 Å². The van der Waals surface area contributed by atoms with Crippen LogP contribution < -0.4 is 14.2 Å². The molecule has 7 nitrogen and oxygen atoms in total. The minimum absolute atomic E-state index is 0.0305. The van der Waals surface area contributed by atoms with Gasteiger partial charge in [0.2, 0.25) is 6.79 Å². The molecule has 0 aliphatic carbocycles. The molecule has 0 radical (unpaired) electrons. The van der Waals surface area contributed by atoms with Gasteiger partial charge in [-0.3, -0.25) is 9.69 Å². The van der Waals surface area contributed by atoms with Gasteiger partial charge < -0.3 is 23.7 Å². The molecule has 3 atom stereocenters. The van der Waals surface area contributed by atoms with Crippen molar-refractivity contribution in [3.8, 4) is 17.2 Å². The normalized spacial score (nSPS) is 22.2. The Morgan fingerprint density at radius 1 is 1.12 bits per heavy atom. The summed E-state index contributed by atoms with van der Waals surface area (Å²) in [6, 6.07) is 13.7. The molecule has 1 saturated heterocycles. The molecule has 0 saturated carbocycles. The molecule has 2 heterocycles. The second kappa shape index (κ2) is 10.6.